The highest BCUT2D eigenvalue weighted by atomic mass is 16.5. The van der Waals surface area contributed by atoms with Gasteiger partial charge in [-0.3, -0.25) is 0 Å². The van der Waals surface area contributed by atoms with Gasteiger partial charge in [-0.1, -0.05) is 49.6 Å². The molecule has 0 aromatic heterocycles. The standard InChI is InChI=1S/C16H23NO/c1-3-7-14(8-4-1)11-15-12-17-13-16(18-15)9-5-2-6-10-16/h1,3-4,7-8,15,17H,2,5-6,9-13H2. The summed E-state index contributed by atoms with van der Waals surface area (Å²) in [7, 11) is 0. The molecule has 1 heterocycles. The van der Waals surface area contributed by atoms with Gasteiger partial charge in [0.15, 0.2) is 0 Å². The van der Waals surface area contributed by atoms with E-state index in [2.05, 4.69) is 35.6 Å². The van der Waals surface area contributed by atoms with Gasteiger partial charge in [0.1, 0.15) is 0 Å². The van der Waals surface area contributed by atoms with Crippen LogP contribution in [0.5, 0.6) is 0 Å². The quantitative estimate of drug-likeness (QED) is 0.865. The first-order valence-corrected chi connectivity index (χ1v) is 7.29. The number of nitrogens with one attached hydrogen (secondary N) is 1. The Morgan fingerprint density at radius 1 is 1.11 bits per heavy atom. The van der Waals surface area contributed by atoms with Gasteiger partial charge in [0, 0.05) is 13.1 Å². The second-order valence-corrected chi connectivity index (χ2v) is 5.80. The molecular formula is C16H23NO. The van der Waals surface area contributed by atoms with E-state index < -0.39 is 0 Å². The highest BCUT2D eigenvalue weighted by Crippen LogP contribution is 2.34. The molecule has 1 N–H and O–H groups in total. The summed E-state index contributed by atoms with van der Waals surface area (Å²) in [5, 5.41) is 3.59. The molecule has 1 saturated carbocycles. The lowest BCUT2D eigenvalue weighted by atomic mass is 9.83. The maximum Gasteiger partial charge on any atom is 0.0810 e. The Kier molecular flexibility index (Phi) is 3.67. The predicted molar refractivity (Wildman–Crippen MR) is 73.7 cm³/mol. The van der Waals surface area contributed by atoms with E-state index in [4.69, 9.17) is 4.74 Å². The minimum absolute atomic E-state index is 0.149. The fourth-order valence-corrected chi connectivity index (χ4v) is 3.38. The molecule has 2 aliphatic rings. The first-order valence-electron chi connectivity index (χ1n) is 7.29. The van der Waals surface area contributed by atoms with E-state index in [1.54, 1.807) is 0 Å². The number of hydrogen-bond acceptors (Lipinski definition) is 2. The van der Waals surface area contributed by atoms with Crippen molar-refractivity contribution in [2.24, 2.45) is 0 Å². The van der Waals surface area contributed by atoms with E-state index in [1.807, 2.05) is 0 Å². The summed E-state index contributed by atoms with van der Waals surface area (Å²) >= 11 is 0. The first kappa shape index (κ1) is 12.2. The van der Waals surface area contributed by atoms with Gasteiger partial charge < -0.3 is 10.1 Å². The van der Waals surface area contributed by atoms with Crippen LogP contribution in [0.15, 0.2) is 30.3 Å². The Balaban J connectivity index is 1.63. The number of morpholine rings is 1. The molecule has 3 rings (SSSR count). The SMILES string of the molecule is c1ccc(CC2CNCC3(CCCCC3)O2)cc1. The van der Waals surface area contributed by atoms with Crippen molar-refractivity contribution in [2.45, 2.75) is 50.2 Å². The van der Waals surface area contributed by atoms with Crippen LogP contribution in [0.25, 0.3) is 0 Å². The molecule has 1 aromatic carbocycles. The van der Waals surface area contributed by atoms with E-state index >= 15 is 0 Å². The van der Waals surface area contributed by atoms with Crippen molar-refractivity contribution in [3.63, 3.8) is 0 Å². The highest BCUT2D eigenvalue weighted by molar-refractivity contribution is 5.16. The van der Waals surface area contributed by atoms with Crippen LogP contribution in [0.2, 0.25) is 0 Å². The van der Waals surface area contributed by atoms with E-state index in [-0.39, 0.29) is 5.60 Å². The molecule has 1 unspecified atom stereocenters. The number of rotatable bonds is 2. The summed E-state index contributed by atoms with van der Waals surface area (Å²) in [6.07, 6.45) is 7.92. The summed E-state index contributed by atoms with van der Waals surface area (Å²) in [5.74, 6) is 0. The van der Waals surface area contributed by atoms with Gasteiger partial charge in [0.25, 0.3) is 0 Å². The van der Waals surface area contributed by atoms with Crippen molar-refractivity contribution in [1.82, 2.24) is 5.32 Å². The molecule has 1 aliphatic heterocycles. The predicted octanol–water partition coefficient (Wildman–Crippen LogP) is 2.92. The molecule has 2 fully saturated rings. The summed E-state index contributed by atoms with van der Waals surface area (Å²) in [6.45, 7) is 2.05. The third kappa shape index (κ3) is 2.76. The second-order valence-electron chi connectivity index (χ2n) is 5.80. The van der Waals surface area contributed by atoms with Crippen LogP contribution in [-0.4, -0.2) is 24.8 Å². The first-order chi connectivity index (χ1) is 8.86. The Labute approximate surface area is 110 Å². The minimum atomic E-state index is 0.149. The van der Waals surface area contributed by atoms with E-state index in [1.165, 1.54) is 37.7 Å². The Morgan fingerprint density at radius 2 is 1.89 bits per heavy atom. The van der Waals surface area contributed by atoms with Gasteiger partial charge >= 0.3 is 0 Å². The average molecular weight is 245 g/mol. The summed E-state index contributed by atoms with van der Waals surface area (Å²) in [5.41, 5.74) is 1.54. The number of benzene rings is 1. The van der Waals surface area contributed by atoms with Crippen molar-refractivity contribution >= 4 is 0 Å². The normalized spacial score (nSPS) is 27.2. The topological polar surface area (TPSA) is 21.3 Å². The molecule has 1 aliphatic carbocycles. The number of hydrogen-bond donors (Lipinski definition) is 1. The lowest BCUT2D eigenvalue weighted by molar-refractivity contribution is -0.132. The summed E-state index contributed by atoms with van der Waals surface area (Å²) in [4.78, 5) is 0. The molecule has 2 heteroatoms. The summed E-state index contributed by atoms with van der Waals surface area (Å²) in [6, 6.07) is 10.7. The number of ether oxygens (including phenoxy) is 1. The Morgan fingerprint density at radius 3 is 2.67 bits per heavy atom. The van der Waals surface area contributed by atoms with Gasteiger partial charge in [0.2, 0.25) is 0 Å². The maximum atomic E-state index is 6.46. The molecule has 98 valence electrons. The largest absolute Gasteiger partial charge is 0.369 e. The van der Waals surface area contributed by atoms with Gasteiger partial charge in [-0.05, 0) is 24.8 Å². The van der Waals surface area contributed by atoms with Crippen LogP contribution in [0.1, 0.15) is 37.7 Å². The molecule has 0 amide bonds. The van der Waals surface area contributed by atoms with E-state index in [0.29, 0.717) is 6.10 Å². The van der Waals surface area contributed by atoms with Crippen LogP contribution >= 0.6 is 0 Å². The fourth-order valence-electron chi connectivity index (χ4n) is 3.38. The zero-order valence-corrected chi connectivity index (χ0v) is 11.0. The van der Waals surface area contributed by atoms with Crippen molar-refractivity contribution in [3.8, 4) is 0 Å². The maximum absolute atomic E-state index is 6.46. The highest BCUT2D eigenvalue weighted by Gasteiger charge is 2.37. The molecule has 1 saturated heterocycles. The molecule has 18 heavy (non-hydrogen) atoms. The van der Waals surface area contributed by atoms with Crippen molar-refractivity contribution in [3.05, 3.63) is 35.9 Å². The molecule has 0 bridgehead atoms. The minimum Gasteiger partial charge on any atom is -0.369 e. The van der Waals surface area contributed by atoms with Crippen LogP contribution < -0.4 is 5.32 Å². The molecule has 0 radical (unpaired) electrons. The second kappa shape index (κ2) is 5.41. The lowest BCUT2D eigenvalue weighted by Crippen LogP contribution is -2.55. The summed E-state index contributed by atoms with van der Waals surface area (Å²) < 4.78 is 6.46. The molecule has 2 nitrogen and oxygen atoms in total. The zero-order valence-electron chi connectivity index (χ0n) is 11.0. The smallest absolute Gasteiger partial charge is 0.0810 e. The molecule has 1 spiro atoms. The van der Waals surface area contributed by atoms with E-state index in [0.717, 1.165) is 19.5 Å². The van der Waals surface area contributed by atoms with E-state index in [9.17, 15) is 0 Å². The molecule has 1 atom stereocenters. The Hall–Kier alpha value is -0.860. The van der Waals surface area contributed by atoms with Gasteiger partial charge in [0.05, 0.1) is 11.7 Å². The monoisotopic (exact) mass is 245 g/mol. The Bertz CT molecular complexity index is 364. The third-order valence-corrected chi connectivity index (χ3v) is 4.31. The molecular weight excluding hydrogens is 222 g/mol. The van der Waals surface area contributed by atoms with Crippen LogP contribution in [-0.2, 0) is 11.2 Å². The fraction of sp³-hybridized carbons (Fsp3) is 0.625. The van der Waals surface area contributed by atoms with Crippen LogP contribution in [0.3, 0.4) is 0 Å². The third-order valence-electron chi connectivity index (χ3n) is 4.31. The molecule has 1 aromatic rings. The van der Waals surface area contributed by atoms with Crippen molar-refractivity contribution in [1.29, 1.82) is 0 Å². The zero-order chi connectivity index (χ0) is 12.3. The van der Waals surface area contributed by atoms with Crippen LogP contribution in [0.4, 0.5) is 0 Å². The van der Waals surface area contributed by atoms with Gasteiger partial charge in [-0.2, -0.15) is 0 Å². The lowest BCUT2D eigenvalue weighted by Gasteiger charge is -2.44. The van der Waals surface area contributed by atoms with Crippen LogP contribution in [0, 0.1) is 0 Å². The van der Waals surface area contributed by atoms with Crippen molar-refractivity contribution in [2.75, 3.05) is 13.1 Å². The average Bonchev–Trinajstić information content (AvgIpc) is 2.41. The van der Waals surface area contributed by atoms with Gasteiger partial charge in [-0.15, -0.1) is 0 Å². The van der Waals surface area contributed by atoms with Crippen molar-refractivity contribution < 1.29 is 4.74 Å². The van der Waals surface area contributed by atoms with Gasteiger partial charge in [-0.25, -0.2) is 0 Å².